The van der Waals surface area contributed by atoms with Gasteiger partial charge in [-0.05, 0) is 81.4 Å². The largest absolute Gasteiger partial charge is 0.492 e. The molecule has 1 N–H and O–H groups in total. The molecule has 6 nitrogen and oxygen atoms in total. The molecule has 186 valence electrons. The molecule has 3 aromatic heterocycles. The Balaban J connectivity index is 1.40. The molecule has 0 radical (unpaired) electrons. The van der Waals surface area contributed by atoms with Crippen molar-refractivity contribution in [3.8, 4) is 39.7 Å². The van der Waals surface area contributed by atoms with Gasteiger partial charge >= 0.3 is 0 Å². The average Bonchev–Trinajstić information content (AvgIpc) is 3.55. The number of nitrogens with zero attached hydrogens (tertiary/aromatic N) is 4. The molecule has 1 aliphatic rings. The zero-order valence-corrected chi connectivity index (χ0v) is 21.7. The fourth-order valence-corrected chi connectivity index (χ4v) is 4.56. The van der Waals surface area contributed by atoms with Gasteiger partial charge in [0.05, 0.1) is 22.8 Å². The predicted molar refractivity (Wildman–Crippen MR) is 145 cm³/mol. The van der Waals surface area contributed by atoms with E-state index < -0.39 is 0 Å². The molecule has 0 atom stereocenters. The number of H-pyrrole nitrogens is 1. The number of benzene rings is 1. The summed E-state index contributed by atoms with van der Waals surface area (Å²) in [4.78, 5) is 20.5. The van der Waals surface area contributed by atoms with Crippen molar-refractivity contribution in [1.82, 2.24) is 24.8 Å². The van der Waals surface area contributed by atoms with Crippen molar-refractivity contribution in [2.24, 2.45) is 0 Å². The Kier molecular flexibility index (Phi) is 6.88. The number of hydrogen-bond acceptors (Lipinski definition) is 5. The normalized spacial score (nSPS) is 14.3. The summed E-state index contributed by atoms with van der Waals surface area (Å²) in [6.07, 6.45) is 4.46. The maximum absolute atomic E-state index is 5.98. The first-order chi connectivity index (χ1) is 17.4. The van der Waals surface area contributed by atoms with E-state index in [2.05, 4.69) is 53.8 Å². The molecule has 0 spiro atoms. The molecular weight excluding hydrogens is 446 g/mol. The summed E-state index contributed by atoms with van der Waals surface area (Å²) in [6, 6.07) is 18.4. The van der Waals surface area contributed by atoms with Gasteiger partial charge < -0.3 is 9.72 Å². The summed E-state index contributed by atoms with van der Waals surface area (Å²) in [6.45, 7) is 12.6. The van der Waals surface area contributed by atoms with E-state index in [1.807, 2.05) is 49.5 Å². The van der Waals surface area contributed by atoms with Gasteiger partial charge in [0.15, 0.2) is 0 Å². The van der Waals surface area contributed by atoms with Crippen LogP contribution in [0.2, 0.25) is 0 Å². The maximum Gasteiger partial charge on any atom is 0.119 e. The Morgan fingerprint density at radius 3 is 2.42 bits per heavy atom. The van der Waals surface area contributed by atoms with Crippen LogP contribution in [0.5, 0.6) is 5.75 Å². The lowest BCUT2D eigenvalue weighted by atomic mass is 9.96. The molecule has 4 heterocycles. The first-order valence-electron chi connectivity index (χ1n) is 12.8. The summed E-state index contributed by atoms with van der Waals surface area (Å²) < 4.78 is 5.98. The van der Waals surface area contributed by atoms with Crippen molar-refractivity contribution in [2.75, 3.05) is 26.2 Å². The molecular formula is C30H35N5O. The second-order valence-electron chi connectivity index (χ2n) is 10.6. The van der Waals surface area contributed by atoms with E-state index in [0.29, 0.717) is 0 Å². The molecule has 1 aliphatic heterocycles. The average molecular weight is 482 g/mol. The summed E-state index contributed by atoms with van der Waals surface area (Å²) in [7, 11) is 0. The van der Waals surface area contributed by atoms with Crippen molar-refractivity contribution in [1.29, 1.82) is 0 Å². The van der Waals surface area contributed by atoms with E-state index in [9.17, 15) is 0 Å². The van der Waals surface area contributed by atoms with Gasteiger partial charge in [0.25, 0.3) is 0 Å². The van der Waals surface area contributed by atoms with E-state index in [-0.39, 0.29) is 5.41 Å². The first-order valence-corrected chi connectivity index (χ1v) is 12.8. The topological polar surface area (TPSA) is 66.9 Å². The Morgan fingerprint density at radius 2 is 1.69 bits per heavy atom. The molecule has 1 aromatic carbocycles. The molecule has 36 heavy (non-hydrogen) atoms. The van der Waals surface area contributed by atoms with Crippen LogP contribution in [0.3, 0.4) is 0 Å². The van der Waals surface area contributed by atoms with Crippen molar-refractivity contribution < 1.29 is 4.74 Å². The minimum atomic E-state index is -0.114. The molecule has 1 fully saturated rings. The number of hydrogen-bond donors (Lipinski definition) is 1. The van der Waals surface area contributed by atoms with Crippen LogP contribution in [0.15, 0.2) is 60.8 Å². The highest BCUT2D eigenvalue weighted by Crippen LogP contribution is 2.34. The smallest absolute Gasteiger partial charge is 0.119 e. The minimum Gasteiger partial charge on any atom is -0.492 e. The molecule has 0 bridgehead atoms. The summed E-state index contributed by atoms with van der Waals surface area (Å²) in [5, 5.41) is 0. The molecule has 1 saturated heterocycles. The highest BCUT2D eigenvalue weighted by Gasteiger charge is 2.23. The second-order valence-corrected chi connectivity index (χ2v) is 10.6. The van der Waals surface area contributed by atoms with E-state index >= 15 is 0 Å². The van der Waals surface area contributed by atoms with Crippen LogP contribution in [0.4, 0.5) is 0 Å². The maximum atomic E-state index is 5.98. The van der Waals surface area contributed by atoms with Gasteiger partial charge in [-0.1, -0.05) is 26.8 Å². The summed E-state index contributed by atoms with van der Waals surface area (Å²) >= 11 is 0. The highest BCUT2D eigenvalue weighted by atomic mass is 16.5. The number of aromatic nitrogens is 4. The molecule has 0 aliphatic carbocycles. The standard InChI is InChI=1S/C30H35N5O/c1-21-8-7-9-25(32-21)28-27(33-29(34-28)30(2,3)4)23-14-15-31-26(20-23)22-10-12-24(13-11-22)36-19-18-35-16-5-6-17-35/h7-15,20H,5-6,16-19H2,1-4H3,(H,33,34). The van der Waals surface area contributed by atoms with E-state index in [1.165, 1.54) is 25.9 Å². The zero-order chi connectivity index (χ0) is 25.1. The third-order valence-electron chi connectivity index (χ3n) is 6.62. The number of rotatable bonds is 7. The third-order valence-corrected chi connectivity index (χ3v) is 6.62. The minimum absolute atomic E-state index is 0.114. The lowest BCUT2D eigenvalue weighted by molar-refractivity contribution is 0.238. The summed E-state index contributed by atoms with van der Waals surface area (Å²) in [5.41, 5.74) is 6.54. The van der Waals surface area contributed by atoms with Gasteiger partial charge in [0, 0.05) is 35.0 Å². The van der Waals surface area contributed by atoms with Gasteiger partial charge in [-0.25, -0.2) is 4.98 Å². The zero-order valence-electron chi connectivity index (χ0n) is 21.7. The first kappa shape index (κ1) is 24.2. The van der Waals surface area contributed by atoms with E-state index in [4.69, 9.17) is 14.7 Å². The van der Waals surface area contributed by atoms with Crippen molar-refractivity contribution in [2.45, 2.75) is 46.0 Å². The lowest BCUT2D eigenvalue weighted by Crippen LogP contribution is -2.25. The number of likely N-dealkylation sites (tertiary alicyclic amines) is 1. The number of aryl methyl sites for hydroxylation is 1. The van der Waals surface area contributed by atoms with Crippen LogP contribution in [0.25, 0.3) is 33.9 Å². The van der Waals surface area contributed by atoms with Crippen LogP contribution in [0, 0.1) is 6.92 Å². The number of aromatic amines is 1. The molecule has 4 aromatic rings. The van der Waals surface area contributed by atoms with E-state index in [0.717, 1.165) is 64.3 Å². The van der Waals surface area contributed by atoms with Crippen molar-refractivity contribution in [3.63, 3.8) is 0 Å². The van der Waals surface area contributed by atoms with Crippen molar-refractivity contribution in [3.05, 3.63) is 72.3 Å². The molecule has 0 amide bonds. The Labute approximate surface area is 213 Å². The van der Waals surface area contributed by atoms with Gasteiger partial charge in [-0.3, -0.25) is 14.9 Å². The van der Waals surface area contributed by atoms with Crippen molar-refractivity contribution >= 4 is 0 Å². The monoisotopic (exact) mass is 481 g/mol. The fourth-order valence-electron chi connectivity index (χ4n) is 4.56. The van der Waals surface area contributed by atoms with Gasteiger partial charge in [0.2, 0.25) is 0 Å². The SMILES string of the molecule is Cc1cccc(-c2[nH]c(C(C)(C)C)nc2-c2ccnc(-c3ccc(OCCN4CCCC4)cc3)c2)n1. The lowest BCUT2D eigenvalue weighted by Gasteiger charge is -2.15. The van der Waals surface area contributed by atoms with Crippen LogP contribution in [-0.4, -0.2) is 51.1 Å². The van der Waals surface area contributed by atoms with Crippen LogP contribution in [-0.2, 0) is 5.41 Å². The Morgan fingerprint density at radius 1 is 0.917 bits per heavy atom. The van der Waals surface area contributed by atoms with Gasteiger partial charge in [-0.15, -0.1) is 0 Å². The van der Waals surface area contributed by atoms with Crippen LogP contribution >= 0.6 is 0 Å². The Bertz CT molecular complexity index is 1310. The molecule has 0 unspecified atom stereocenters. The predicted octanol–water partition coefficient (Wildman–Crippen LogP) is 6.28. The number of nitrogens with one attached hydrogen (secondary N) is 1. The molecule has 0 saturated carbocycles. The Hall–Kier alpha value is -3.51. The number of pyridine rings is 2. The number of ether oxygens (including phenoxy) is 1. The molecule has 6 heteroatoms. The molecule has 5 rings (SSSR count). The number of imidazole rings is 1. The summed E-state index contributed by atoms with van der Waals surface area (Å²) in [5.74, 6) is 1.83. The van der Waals surface area contributed by atoms with E-state index in [1.54, 1.807) is 0 Å². The van der Waals surface area contributed by atoms with Gasteiger partial charge in [-0.2, -0.15) is 0 Å². The quantitative estimate of drug-likeness (QED) is 0.336. The third kappa shape index (κ3) is 5.49. The van der Waals surface area contributed by atoms with Gasteiger partial charge in [0.1, 0.15) is 18.2 Å². The second kappa shape index (κ2) is 10.2. The van der Waals surface area contributed by atoms with Crippen LogP contribution < -0.4 is 4.74 Å². The fraction of sp³-hybridized carbons (Fsp3) is 0.367. The van der Waals surface area contributed by atoms with Crippen LogP contribution in [0.1, 0.15) is 45.1 Å². The highest BCUT2D eigenvalue weighted by molar-refractivity contribution is 5.79.